The molecule has 1 aromatic heterocycles. The molecular weight excluding hydrogens is 535 g/mol. The monoisotopic (exact) mass is 553 g/mol. The maximum absolute atomic E-state index is 13.1. The van der Waals surface area contributed by atoms with Gasteiger partial charge in [-0.2, -0.15) is 18.4 Å². The van der Waals surface area contributed by atoms with Crippen LogP contribution in [0.2, 0.25) is 5.02 Å². The van der Waals surface area contributed by atoms with E-state index >= 15 is 0 Å². The molecule has 1 N–H and O–H groups in total. The smallest absolute Gasteiger partial charge is 0.416 e. The summed E-state index contributed by atoms with van der Waals surface area (Å²) in [6.07, 6.45) is -4.58. The van der Waals surface area contributed by atoms with Crippen LogP contribution in [-0.4, -0.2) is 23.8 Å². The zero-order chi connectivity index (χ0) is 27.3. The number of nitrogens with one attached hydrogen (secondary N) is 1. The van der Waals surface area contributed by atoms with E-state index in [2.05, 4.69) is 16.4 Å². The van der Waals surface area contributed by atoms with E-state index in [1.54, 1.807) is 19.2 Å². The quantitative estimate of drug-likeness (QED) is 0.237. The first-order chi connectivity index (χ1) is 18.2. The van der Waals surface area contributed by atoms with Gasteiger partial charge in [-0.25, -0.2) is 4.98 Å². The number of hydrogen-bond acceptors (Lipinski definition) is 5. The number of halogens is 4. The van der Waals surface area contributed by atoms with E-state index in [4.69, 9.17) is 16.3 Å². The molecule has 0 saturated heterocycles. The third-order valence-corrected chi connectivity index (χ3v) is 6.78. The van der Waals surface area contributed by atoms with Crippen LogP contribution >= 0.6 is 23.4 Å². The summed E-state index contributed by atoms with van der Waals surface area (Å²) >= 11 is 7.01. The predicted octanol–water partition coefficient (Wildman–Crippen LogP) is 7.70. The summed E-state index contributed by atoms with van der Waals surface area (Å²) < 4.78 is 44.5. The van der Waals surface area contributed by atoms with Crippen LogP contribution in [0.1, 0.15) is 11.1 Å². The highest BCUT2D eigenvalue weighted by atomic mass is 35.5. The number of thioether (sulfide) groups is 1. The fourth-order valence-electron chi connectivity index (χ4n) is 3.61. The fourth-order valence-corrected chi connectivity index (χ4v) is 4.57. The Morgan fingerprint density at radius 2 is 1.76 bits per heavy atom. The SMILES string of the molecule is COc1ccc(-c2cc(-c3ccccc3)nc(SCC(=O)Nc3cc(C(F)(F)F)ccc3Cl)c2C#N)cc1. The first kappa shape index (κ1) is 27.0. The van der Waals surface area contributed by atoms with Crippen molar-refractivity contribution in [1.29, 1.82) is 5.26 Å². The molecule has 3 aromatic carbocycles. The van der Waals surface area contributed by atoms with Gasteiger partial charge in [0.25, 0.3) is 0 Å². The molecule has 0 saturated carbocycles. The van der Waals surface area contributed by atoms with E-state index in [0.29, 0.717) is 22.0 Å². The number of carbonyl (C=O) groups excluding carboxylic acids is 1. The van der Waals surface area contributed by atoms with Crippen molar-refractivity contribution in [2.24, 2.45) is 0 Å². The molecule has 0 aliphatic heterocycles. The van der Waals surface area contributed by atoms with Gasteiger partial charge >= 0.3 is 6.18 Å². The van der Waals surface area contributed by atoms with Crippen LogP contribution in [0, 0.1) is 11.3 Å². The maximum Gasteiger partial charge on any atom is 0.416 e. The Labute approximate surface area is 226 Å². The van der Waals surface area contributed by atoms with Crippen LogP contribution < -0.4 is 10.1 Å². The van der Waals surface area contributed by atoms with Crippen molar-refractivity contribution in [1.82, 2.24) is 4.98 Å². The van der Waals surface area contributed by atoms with E-state index < -0.39 is 17.6 Å². The second-order valence-corrected chi connectivity index (χ2v) is 9.34. The van der Waals surface area contributed by atoms with Crippen molar-refractivity contribution in [3.63, 3.8) is 0 Å². The summed E-state index contributed by atoms with van der Waals surface area (Å²) in [7, 11) is 1.56. The number of anilines is 1. The molecule has 10 heteroatoms. The molecule has 0 fully saturated rings. The van der Waals surface area contributed by atoms with Gasteiger partial charge in [0, 0.05) is 11.1 Å². The average molecular weight is 554 g/mol. The number of nitriles is 1. The fraction of sp³-hybridized carbons (Fsp3) is 0.107. The highest BCUT2D eigenvalue weighted by Gasteiger charge is 2.31. The second kappa shape index (κ2) is 11.6. The van der Waals surface area contributed by atoms with Crippen LogP contribution in [0.3, 0.4) is 0 Å². The summed E-state index contributed by atoms with van der Waals surface area (Å²) in [5.41, 5.74) is 1.96. The standard InChI is InChI=1S/C28H19ClF3N3O2S/c1-37-20-10-7-17(8-11-20)21-14-24(18-5-3-2-4-6-18)35-27(22(21)15-33)38-16-26(36)34-25-13-19(28(30,31)32)9-12-23(25)29/h2-14H,16H2,1H3,(H,34,36). The Hall–Kier alpha value is -4.00. The van der Waals surface area contributed by atoms with Gasteiger partial charge in [-0.1, -0.05) is 65.8 Å². The minimum atomic E-state index is -4.58. The first-order valence-electron chi connectivity index (χ1n) is 11.1. The van der Waals surface area contributed by atoms with Crippen molar-refractivity contribution in [3.05, 3.63) is 95.0 Å². The van der Waals surface area contributed by atoms with Crippen LogP contribution in [0.15, 0.2) is 83.9 Å². The second-order valence-electron chi connectivity index (χ2n) is 7.97. The number of ether oxygens (including phenoxy) is 1. The molecule has 1 heterocycles. The molecule has 38 heavy (non-hydrogen) atoms. The van der Waals surface area contributed by atoms with Crippen molar-refractivity contribution in [2.45, 2.75) is 11.2 Å². The molecule has 0 bridgehead atoms. The molecule has 5 nitrogen and oxygen atoms in total. The van der Waals surface area contributed by atoms with Crippen molar-refractivity contribution in [2.75, 3.05) is 18.2 Å². The average Bonchev–Trinajstić information content (AvgIpc) is 2.92. The molecule has 0 unspecified atom stereocenters. The van der Waals surface area contributed by atoms with E-state index in [-0.39, 0.29) is 22.0 Å². The Balaban J connectivity index is 1.66. The van der Waals surface area contributed by atoms with E-state index in [9.17, 15) is 23.2 Å². The molecule has 0 aliphatic carbocycles. The molecule has 4 rings (SSSR count). The maximum atomic E-state index is 13.1. The summed E-state index contributed by atoms with van der Waals surface area (Å²) in [5.74, 6) is -0.156. The van der Waals surface area contributed by atoms with Crippen LogP contribution in [0.5, 0.6) is 5.75 Å². The Morgan fingerprint density at radius 3 is 2.39 bits per heavy atom. The lowest BCUT2D eigenvalue weighted by Crippen LogP contribution is -2.15. The number of rotatable bonds is 7. The highest BCUT2D eigenvalue weighted by Crippen LogP contribution is 2.36. The first-order valence-corrected chi connectivity index (χ1v) is 12.5. The molecule has 4 aromatic rings. The molecule has 0 atom stereocenters. The number of alkyl halides is 3. The van der Waals surface area contributed by atoms with E-state index in [1.165, 1.54) is 0 Å². The Bertz CT molecular complexity index is 1510. The molecule has 0 aliphatic rings. The molecule has 192 valence electrons. The third-order valence-electron chi connectivity index (χ3n) is 5.48. The summed E-state index contributed by atoms with van der Waals surface area (Å²) in [6.45, 7) is 0. The molecular formula is C28H19ClF3N3O2S. The molecule has 0 spiro atoms. The van der Waals surface area contributed by atoms with Gasteiger partial charge in [0.2, 0.25) is 5.91 Å². The van der Waals surface area contributed by atoms with E-state index in [0.717, 1.165) is 41.1 Å². The number of benzene rings is 3. The van der Waals surface area contributed by atoms with Crippen molar-refractivity contribution in [3.8, 4) is 34.2 Å². The predicted molar refractivity (Wildman–Crippen MR) is 142 cm³/mol. The lowest BCUT2D eigenvalue weighted by atomic mass is 9.99. The minimum absolute atomic E-state index is 0.0277. The topological polar surface area (TPSA) is 75.0 Å². The normalized spacial score (nSPS) is 11.1. The zero-order valence-electron chi connectivity index (χ0n) is 19.8. The Kier molecular flexibility index (Phi) is 8.25. The number of pyridine rings is 1. The van der Waals surface area contributed by atoms with Crippen LogP contribution in [0.4, 0.5) is 18.9 Å². The highest BCUT2D eigenvalue weighted by molar-refractivity contribution is 8.00. The zero-order valence-corrected chi connectivity index (χ0v) is 21.4. The van der Waals surface area contributed by atoms with Crippen LogP contribution in [-0.2, 0) is 11.0 Å². The van der Waals surface area contributed by atoms with Gasteiger partial charge in [0.15, 0.2) is 0 Å². The van der Waals surface area contributed by atoms with Gasteiger partial charge < -0.3 is 10.1 Å². The molecule has 1 amide bonds. The number of methoxy groups -OCH3 is 1. The van der Waals surface area contributed by atoms with Crippen LogP contribution in [0.25, 0.3) is 22.4 Å². The lowest BCUT2D eigenvalue weighted by molar-refractivity contribution is -0.137. The number of hydrogen-bond donors (Lipinski definition) is 1. The van der Waals surface area contributed by atoms with Gasteiger partial charge in [-0.3, -0.25) is 4.79 Å². The summed E-state index contributed by atoms with van der Waals surface area (Å²) in [4.78, 5) is 17.3. The number of nitrogens with zero attached hydrogens (tertiary/aromatic N) is 2. The number of aromatic nitrogens is 1. The lowest BCUT2D eigenvalue weighted by Gasteiger charge is -2.14. The Morgan fingerprint density at radius 1 is 1.05 bits per heavy atom. The van der Waals surface area contributed by atoms with Gasteiger partial charge in [-0.15, -0.1) is 0 Å². The van der Waals surface area contributed by atoms with Crippen molar-refractivity contribution >= 4 is 35.0 Å². The summed E-state index contributed by atoms with van der Waals surface area (Å²) in [6, 6.07) is 23.2. The summed E-state index contributed by atoms with van der Waals surface area (Å²) in [5, 5.41) is 12.7. The van der Waals surface area contributed by atoms with Crippen molar-refractivity contribution < 1.29 is 22.7 Å². The number of amides is 1. The van der Waals surface area contributed by atoms with Gasteiger partial charge in [-0.05, 0) is 42.0 Å². The molecule has 0 radical (unpaired) electrons. The third kappa shape index (κ3) is 6.28. The van der Waals surface area contributed by atoms with E-state index in [1.807, 2.05) is 48.5 Å². The largest absolute Gasteiger partial charge is 0.497 e. The minimum Gasteiger partial charge on any atom is -0.497 e. The van der Waals surface area contributed by atoms with Gasteiger partial charge in [0.05, 0.1) is 40.4 Å². The van der Waals surface area contributed by atoms with Gasteiger partial charge in [0.1, 0.15) is 16.8 Å². The number of carbonyl (C=O) groups is 1.